The molecule has 3 amide bonds. The van der Waals surface area contributed by atoms with E-state index in [1.807, 2.05) is 20.8 Å². The number of fused-ring (bicyclic) bond motifs is 1. The van der Waals surface area contributed by atoms with Crippen molar-refractivity contribution < 1.29 is 23.9 Å². The number of amides is 3. The van der Waals surface area contributed by atoms with E-state index in [1.54, 1.807) is 24.3 Å². The molecule has 0 fully saturated rings. The molecule has 2 rings (SSSR count). The van der Waals surface area contributed by atoms with Crippen LogP contribution in [0.4, 0.5) is 0 Å². The molecule has 134 valence electrons. The number of ether oxygens (including phenoxy) is 1. The van der Waals surface area contributed by atoms with Gasteiger partial charge < -0.3 is 10.1 Å². The van der Waals surface area contributed by atoms with Crippen LogP contribution >= 0.6 is 0 Å². The summed E-state index contributed by atoms with van der Waals surface area (Å²) in [5, 5.41) is 2.69. The van der Waals surface area contributed by atoms with E-state index in [-0.39, 0.29) is 6.42 Å². The number of hydrogen-bond donors (Lipinski definition) is 1. The van der Waals surface area contributed by atoms with Gasteiger partial charge in [-0.3, -0.25) is 24.1 Å². The van der Waals surface area contributed by atoms with Gasteiger partial charge in [0, 0.05) is 11.1 Å². The van der Waals surface area contributed by atoms with Crippen molar-refractivity contribution in [3.05, 3.63) is 35.4 Å². The van der Waals surface area contributed by atoms with E-state index in [4.69, 9.17) is 4.74 Å². The van der Waals surface area contributed by atoms with Crippen LogP contribution in [0.5, 0.6) is 0 Å². The molecule has 1 aromatic rings. The largest absolute Gasteiger partial charge is 0.451 e. The Morgan fingerprint density at radius 2 is 1.88 bits per heavy atom. The second kappa shape index (κ2) is 7.04. The summed E-state index contributed by atoms with van der Waals surface area (Å²) in [7, 11) is 0. The quantitative estimate of drug-likeness (QED) is 0.650. The second-order valence-corrected chi connectivity index (χ2v) is 6.99. The van der Waals surface area contributed by atoms with Crippen LogP contribution in [-0.4, -0.2) is 46.8 Å². The number of nitrogens with zero attached hydrogens (tertiary/aromatic N) is 1. The van der Waals surface area contributed by atoms with Gasteiger partial charge in [-0.15, -0.1) is 0 Å². The van der Waals surface area contributed by atoms with Crippen molar-refractivity contribution in [2.75, 3.05) is 6.54 Å². The zero-order chi connectivity index (χ0) is 18.8. The number of imide groups is 1. The summed E-state index contributed by atoms with van der Waals surface area (Å²) in [5.41, 5.74) is 0.578. The molecule has 0 bridgehead atoms. The Balaban J connectivity index is 2.00. The average molecular weight is 346 g/mol. The lowest BCUT2D eigenvalue weighted by molar-refractivity contribution is -0.157. The van der Waals surface area contributed by atoms with Crippen LogP contribution in [-0.2, 0) is 25.5 Å². The molecule has 25 heavy (non-hydrogen) atoms. The minimum atomic E-state index is -1.02. The molecule has 7 nitrogen and oxygen atoms in total. The number of carbonyl (C=O) groups excluding carboxylic acids is 4. The van der Waals surface area contributed by atoms with Crippen LogP contribution in [0.25, 0.3) is 0 Å². The predicted octanol–water partition coefficient (Wildman–Crippen LogP) is 1.06. The van der Waals surface area contributed by atoms with Crippen molar-refractivity contribution >= 4 is 23.7 Å². The Morgan fingerprint density at radius 3 is 2.52 bits per heavy atom. The first-order valence-corrected chi connectivity index (χ1v) is 8.02. The van der Waals surface area contributed by atoms with Gasteiger partial charge in [0.05, 0.1) is 6.42 Å². The van der Waals surface area contributed by atoms with Crippen molar-refractivity contribution in [3.8, 4) is 0 Å². The molecule has 0 aliphatic carbocycles. The third-order valence-corrected chi connectivity index (χ3v) is 3.60. The number of carbonyl (C=O) groups is 4. The average Bonchev–Trinajstić information content (AvgIpc) is 2.49. The van der Waals surface area contributed by atoms with Gasteiger partial charge in [-0.25, -0.2) is 0 Å². The van der Waals surface area contributed by atoms with Crippen LogP contribution in [0.2, 0.25) is 0 Å². The Hall–Kier alpha value is -2.70. The van der Waals surface area contributed by atoms with E-state index < -0.39 is 41.9 Å². The summed E-state index contributed by atoms with van der Waals surface area (Å²) in [6.45, 7) is 6.35. The minimum Gasteiger partial charge on any atom is -0.451 e. The zero-order valence-corrected chi connectivity index (χ0v) is 14.8. The number of esters is 1. The highest BCUT2D eigenvalue weighted by Gasteiger charge is 2.33. The highest BCUT2D eigenvalue weighted by atomic mass is 16.5. The summed E-state index contributed by atoms with van der Waals surface area (Å²) in [6, 6.07) is 6.77. The van der Waals surface area contributed by atoms with Gasteiger partial charge in [-0.1, -0.05) is 18.2 Å². The highest BCUT2D eigenvalue weighted by molar-refractivity contribution is 6.11. The van der Waals surface area contributed by atoms with Crippen molar-refractivity contribution in [1.29, 1.82) is 0 Å². The summed E-state index contributed by atoms with van der Waals surface area (Å²) in [5.74, 6) is -2.25. The maximum Gasteiger partial charge on any atom is 0.326 e. The third kappa shape index (κ3) is 4.65. The molecular weight excluding hydrogens is 324 g/mol. The maximum absolute atomic E-state index is 12.4. The van der Waals surface area contributed by atoms with E-state index in [0.29, 0.717) is 11.1 Å². The van der Waals surface area contributed by atoms with Gasteiger partial charge in [-0.2, -0.15) is 0 Å². The van der Waals surface area contributed by atoms with Crippen molar-refractivity contribution in [2.24, 2.45) is 0 Å². The Bertz CT molecular complexity index is 720. The first-order chi connectivity index (χ1) is 11.6. The topological polar surface area (TPSA) is 92.8 Å². The molecule has 1 aliphatic heterocycles. The lowest BCUT2D eigenvalue weighted by atomic mass is 9.98. The summed E-state index contributed by atoms with van der Waals surface area (Å²) in [6.07, 6.45) is -0.969. The summed E-state index contributed by atoms with van der Waals surface area (Å²) in [4.78, 5) is 49.4. The van der Waals surface area contributed by atoms with E-state index in [0.717, 1.165) is 4.90 Å². The van der Waals surface area contributed by atoms with Gasteiger partial charge in [0.1, 0.15) is 6.54 Å². The second-order valence-electron chi connectivity index (χ2n) is 6.99. The molecule has 0 saturated carbocycles. The number of nitrogens with one attached hydrogen (secondary N) is 1. The molecule has 0 saturated heterocycles. The first kappa shape index (κ1) is 18.6. The Kier molecular flexibility index (Phi) is 5.25. The molecule has 1 aromatic carbocycles. The normalized spacial score (nSPS) is 15.4. The number of benzene rings is 1. The van der Waals surface area contributed by atoms with E-state index in [9.17, 15) is 19.2 Å². The Morgan fingerprint density at radius 1 is 1.24 bits per heavy atom. The lowest BCUT2D eigenvalue weighted by Gasteiger charge is -2.27. The van der Waals surface area contributed by atoms with Crippen LogP contribution in [0.1, 0.15) is 43.6 Å². The molecule has 1 aliphatic rings. The monoisotopic (exact) mass is 346 g/mol. The van der Waals surface area contributed by atoms with Crippen LogP contribution in [0, 0.1) is 0 Å². The van der Waals surface area contributed by atoms with E-state index in [1.165, 1.54) is 6.92 Å². The van der Waals surface area contributed by atoms with Crippen LogP contribution < -0.4 is 5.32 Å². The van der Waals surface area contributed by atoms with Crippen LogP contribution in [0.15, 0.2) is 24.3 Å². The maximum atomic E-state index is 12.4. The van der Waals surface area contributed by atoms with Crippen molar-refractivity contribution in [1.82, 2.24) is 10.2 Å². The van der Waals surface area contributed by atoms with Gasteiger partial charge in [-0.05, 0) is 39.3 Å². The molecule has 0 spiro atoms. The minimum absolute atomic E-state index is 0.0509. The zero-order valence-electron chi connectivity index (χ0n) is 14.8. The molecule has 0 unspecified atom stereocenters. The van der Waals surface area contributed by atoms with E-state index in [2.05, 4.69) is 5.32 Å². The fourth-order valence-corrected chi connectivity index (χ4v) is 2.45. The number of rotatable bonds is 4. The Labute approximate surface area is 146 Å². The SMILES string of the molecule is C[C@@H](OC(=O)CN1C(=O)Cc2ccccc2C1=O)C(=O)NC(C)(C)C. The highest BCUT2D eigenvalue weighted by Crippen LogP contribution is 2.19. The molecule has 7 heteroatoms. The third-order valence-electron chi connectivity index (χ3n) is 3.60. The fraction of sp³-hybridized carbons (Fsp3) is 0.444. The molecule has 1 N–H and O–H groups in total. The molecule has 0 aromatic heterocycles. The molecule has 0 radical (unpaired) electrons. The van der Waals surface area contributed by atoms with Gasteiger partial charge in [0.25, 0.3) is 11.8 Å². The van der Waals surface area contributed by atoms with Gasteiger partial charge in [0.2, 0.25) is 5.91 Å². The first-order valence-electron chi connectivity index (χ1n) is 8.02. The predicted molar refractivity (Wildman–Crippen MR) is 89.6 cm³/mol. The summed E-state index contributed by atoms with van der Waals surface area (Å²) >= 11 is 0. The molecule has 1 atom stereocenters. The van der Waals surface area contributed by atoms with Gasteiger partial charge >= 0.3 is 5.97 Å². The van der Waals surface area contributed by atoms with Crippen molar-refractivity contribution in [3.63, 3.8) is 0 Å². The molecular formula is C18H22N2O5. The van der Waals surface area contributed by atoms with Gasteiger partial charge in [0.15, 0.2) is 6.10 Å². The number of hydrogen-bond acceptors (Lipinski definition) is 5. The lowest BCUT2D eigenvalue weighted by Crippen LogP contribution is -2.48. The molecule has 1 heterocycles. The fourth-order valence-electron chi connectivity index (χ4n) is 2.45. The van der Waals surface area contributed by atoms with Crippen molar-refractivity contribution in [2.45, 2.75) is 45.8 Å². The van der Waals surface area contributed by atoms with E-state index >= 15 is 0 Å². The standard InChI is InChI=1S/C18H22N2O5/c1-11(16(23)19-18(2,3)4)25-15(22)10-20-14(21)9-12-7-5-6-8-13(12)17(20)24/h5-8,11H,9-10H2,1-4H3,(H,19,23)/t11-/m1/s1. The smallest absolute Gasteiger partial charge is 0.326 e. The summed E-state index contributed by atoms with van der Waals surface area (Å²) < 4.78 is 5.05. The van der Waals surface area contributed by atoms with Crippen LogP contribution in [0.3, 0.4) is 0 Å².